The molecule has 0 bridgehead atoms. The van der Waals surface area contributed by atoms with Crippen molar-refractivity contribution in [2.24, 2.45) is 5.92 Å². The van der Waals surface area contributed by atoms with Gasteiger partial charge in [-0.25, -0.2) is 4.79 Å². The SMILES string of the molecule is Cc1ccc(NC(=O)N2CCC(CCNC(=O)c3ccccn3)CC2)cc1. The molecule has 0 unspecified atom stereocenters. The number of hydrogen-bond acceptors (Lipinski definition) is 3. The highest BCUT2D eigenvalue weighted by molar-refractivity contribution is 5.92. The molecule has 1 saturated heterocycles. The molecule has 2 N–H and O–H groups in total. The van der Waals surface area contributed by atoms with Crippen molar-refractivity contribution in [2.75, 3.05) is 25.0 Å². The Hall–Kier alpha value is -2.89. The molecule has 1 aliphatic rings. The molecule has 3 amide bonds. The summed E-state index contributed by atoms with van der Waals surface area (Å²) >= 11 is 0. The van der Waals surface area contributed by atoms with Crippen molar-refractivity contribution < 1.29 is 9.59 Å². The van der Waals surface area contributed by atoms with Crippen LogP contribution in [0.1, 0.15) is 35.3 Å². The number of nitrogens with zero attached hydrogens (tertiary/aromatic N) is 2. The molecule has 0 saturated carbocycles. The van der Waals surface area contributed by atoms with Gasteiger partial charge in [-0.05, 0) is 56.4 Å². The fourth-order valence-corrected chi connectivity index (χ4v) is 3.24. The summed E-state index contributed by atoms with van der Waals surface area (Å²) in [4.78, 5) is 30.3. The smallest absolute Gasteiger partial charge is 0.321 e. The Balaban J connectivity index is 1.36. The minimum absolute atomic E-state index is 0.0410. The van der Waals surface area contributed by atoms with Crippen LogP contribution in [0.5, 0.6) is 0 Å². The van der Waals surface area contributed by atoms with Crippen molar-refractivity contribution >= 4 is 17.6 Å². The van der Waals surface area contributed by atoms with E-state index >= 15 is 0 Å². The lowest BCUT2D eigenvalue weighted by Gasteiger charge is -2.32. The monoisotopic (exact) mass is 366 g/mol. The zero-order valence-electron chi connectivity index (χ0n) is 15.6. The second kappa shape index (κ2) is 9.16. The molecule has 2 aromatic rings. The van der Waals surface area contributed by atoms with E-state index in [-0.39, 0.29) is 11.9 Å². The van der Waals surface area contributed by atoms with Crippen molar-refractivity contribution in [3.8, 4) is 0 Å². The molecule has 1 fully saturated rings. The van der Waals surface area contributed by atoms with E-state index in [0.29, 0.717) is 18.2 Å². The van der Waals surface area contributed by atoms with Crippen molar-refractivity contribution in [3.05, 3.63) is 59.9 Å². The van der Waals surface area contributed by atoms with Crippen molar-refractivity contribution in [1.82, 2.24) is 15.2 Å². The van der Waals surface area contributed by atoms with E-state index in [1.807, 2.05) is 36.1 Å². The van der Waals surface area contributed by atoms with Crippen LogP contribution in [0.2, 0.25) is 0 Å². The summed E-state index contributed by atoms with van der Waals surface area (Å²) in [5.74, 6) is 0.392. The van der Waals surface area contributed by atoms with Gasteiger partial charge in [0.1, 0.15) is 5.69 Å². The first-order chi connectivity index (χ1) is 13.1. The van der Waals surface area contributed by atoms with Crippen LogP contribution in [-0.4, -0.2) is 41.5 Å². The molecule has 27 heavy (non-hydrogen) atoms. The molecule has 142 valence electrons. The predicted octanol–water partition coefficient (Wildman–Crippen LogP) is 3.45. The van der Waals surface area contributed by atoms with Gasteiger partial charge in [-0.2, -0.15) is 0 Å². The molecule has 2 heterocycles. The Labute approximate surface area is 160 Å². The molecule has 1 aliphatic heterocycles. The summed E-state index contributed by atoms with van der Waals surface area (Å²) in [6.07, 6.45) is 4.46. The highest BCUT2D eigenvalue weighted by Crippen LogP contribution is 2.21. The van der Waals surface area contributed by atoms with E-state index < -0.39 is 0 Å². The van der Waals surface area contributed by atoms with E-state index in [2.05, 4.69) is 15.6 Å². The summed E-state index contributed by atoms with van der Waals surface area (Å²) in [5.41, 5.74) is 2.44. The van der Waals surface area contributed by atoms with Gasteiger partial charge in [0, 0.05) is 31.5 Å². The van der Waals surface area contributed by atoms with Gasteiger partial charge in [0.2, 0.25) is 0 Å². The zero-order chi connectivity index (χ0) is 19.1. The molecule has 6 nitrogen and oxygen atoms in total. The molecule has 0 atom stereocenters. The van der Waals surface area contributed by atoms with Gasteiger partial charge in [0.05, 0.1) is 0 Å². The van der Waals surface area contributed by atoms with E-state index in [0.717, 1.165) is 38.0 Å². The molecule has 1 aromatic carbocycles. The number of urea groups is 1. The number of rotatable bonds is 5. The van der Waals surface area contributed by atoms with Crippen LogP contribution in [-0.2, 0) is 0 Å². The van der Waals surface area contributed by atoms with Gasteiger partial charge >= 0.3 is 6.03 Å². The lowest BCUT2D eigenvalue weighted by atomic mass is 9.93. The van der Waals surface area contributed by atoms with E-state index in [1.54, 1.807) is 24.4 Å². The topological polar surface area (TPSA) is 74.3 Å². The fourth-order valence-electron chi connectivity index (χ4n) is 3.24. The normalized spacial score (nSPS) is 14.6. The predicted molar refractivity (Wildman–Crippen MR) is 106 cm³/mol. The zero-order valence-corrected chi connectivity index (χ0v) is 15.6. The number of hydrogen-bond donors (Lipinski definition) is 2. The molecule has 0 spiro atoms. The highest BCUT2D eigenvalue weighted by Gasteiger charge is 2.22. The van der Waals surface area contributed by atoms with Crippen LogP contribution < -0.4 is 10.6 Å². The summed E-state index contributed by atoms with van der Waals surface area (Å²) in [6, 6.07) is 13.1. The first kappa shape index (κ1) is 18.9. The Kier molecular flexibility index (Phi) is 6.41. The third-order valence-corrected chi connectivity index (χ3v) is 4.94. The number of carbonyl (C=O) groups is 2. The number of aromatic nitrogens is 1. The van der Waals surface area contributed by atoms with Crippen LogP contribution in [0.3, 0.4) is 0 Å². The van der Waals surface area contributed by atoms with E-state index in [1.165, 1.54) is 5.56 Å². The van der Waals surface area contributed by atoms with Crippen LogP contribution in [0.4, 0.5) is 10.5 Å². The van der Waals surface area contributed by atoms with Gasteiger partial charge in [-0.3, -0.25) is 9.78 Å². The van der Waals surface area contributed by atoms with Crippen LogP contribution in [0, 0.1) is 12.8 Å². The summed E-state index contributed by atoms with van der Waals surface area (Å²) in [6.45, 7) is 4.15. The number of nitrogens with one attached hydrogen (secondary N) is 2. The first-order valence-corrected chi connectivity index (χ1v) is 9.43. The molecule has 0 radical (unpaired) electrons. The Bertz CT molecular complexity index is 754. The minimum atomic E-state index is -0.134. The number of likely N-dealkylation sites (tertiary alicyclic amines) is 1. The Morgan fingerprint density at radius 2 is 1.85 bits per heavy atom. The number of anilines is 1. The maximum Gasteiger partial charge on any atom is 0.321 e. The second-order valence-corrected chi connectivity index (χ2v) is 6.99. The number of pyridine rings is 1. The average molecular weight is 366 g/mol. The van der Waals surface area contributed by atoms with Gasteiger partial charge in [-0.1, -0.05) is 23.8 Å². The second-order valence-electron chi connectivity index (χ2n) is 6.99. The summed E-state index contributed by atoms with van der Waals surface area (Å²) in [5, 5.41) is 5.88. The van der Waals surface area contributed by atoms with Crippen molar-refractivity contribution in [1.29, 1.82) is 0 Å². The molecular weight excluding hydrogens is 340 g/mol. The highest BCUT2D eigenvalue weighted by atomic mass is 16.2. The van der Waals surface area contributed by atoms with Gasteiger partial charge in [0.15, 0.2) is 0 Å². The van der Waals surface area contributed by atoms with Gasteiger partial charge < -0.3 is 15.5 Å². The lowest BCUT2D eigenvalue weighted by molar-refractivity contribution is 0.0944. The van der Waals surface area contributed by atoms with Crippen LogP contribution >= 0.6 is 0 Å². The third kappa shape index (κ3) is 5.54. The fraction of sp³-hybridized carbons (Fsp3) is 0.381. The summed E-state index contributed by atoms with van der Waals surface area (Å²) in [7, 11) is 0. The van der Waals surface area contributed by atoms with Crippen molar-refractivity contribution in [2.45, 2.75) is 26.2 Å². The minimum Gasteiger partial charge on any atom is -0.351 e. The first-order valence-electron chi connectivity index (χ1n) is 9.43. The maximum absolute atomic E-state index is 12.4. The van der Waals surface area contributed by atoms with Crippen LogP contribution in [0.25, 0.3) is 0 Å². The quantitative estimate of drug-likeness (QED) is 0.851. The molecule has 6 heteroatoms. The largest absolute Gasteiger partial charge is 0.351 e. The lowest BCUT2D eigenvalue weighted by Crippen LogP contribution is -2.41. The number of benzene rings is 1. The molecule has 3 rings (SSSR count). The van der Waals surface area contributed by atoms with Crippen LogP contribution in [0.15, 0.2) is 48.7 Å². The van der Waals surface area contributed by atoms with Gasteiger partial charge in [0.25, 0.3) is 5.91 Å². The average Bonchev–Trinajstić information content (AvgIpc) is 2.71. The number of piperidine rings is 1. The summed E-state index contributed by atoms with van der Waals surface area (Å²) < 4.78 is 0. The maximum atomic E-state index is 12.4. The van der Waals surface area contributed by atoms with E-state index in [4.69, 9.17) is 0 Å². The van der Waals surface area contributed by atoms with Crippen molar-refractivity contribution in [3.63, 3.8) is 0 Å². The Morgan fingerprint density at radius 1 is 1.11 bits per heavy atom. The number of carbonyl (C=O) groups excluding carboxylic acids is 2. The Morgan fingerprint density at radius 3 is 2.52 bits per heavy atom. The standard InChI is InChI=1S/C21H26N4O2/c1-16-5-7-18(8-6-16)24-21(27)25-14-10-17(11-15-25)9-13-23-20(26)19-4-2-3-12-22-19/h2-8,12,17H,9-11,13-15H2,1H3,(H,23,26)(H,24,27). The molecule has 1 aromatic heterocycles. The third-order valence-electron chi connectivity index (χ3n) is 4.94. The number of amides is 3. The molecular formula is C21H26N4O2. The number of aryl methyl sites for hydroxylation is 1. The van der Waals surface area contributed by atoms with Gasteiger partial charge in [-0.15, -0.1) is 0 Å². The molecule has 0 aliphatic carbocycles. The van der Waals surface area contributed by atoms with E-state index in [9.17, 15) is 9.59 Å².